The predicted molar refractivity (Wildman–Crippen MR) is 163 cm³/mol. The van der Waals surface area contributed by atoms with E-state index in [1.54, 1.807) is 22.7 Å². The van der Waals surface area contributed by atoms with Crippen molar-refractivity contribution in [3.63, 3.8) is 0 Å². The number of methoxy groups -OCH3 is 1. The average molecular weight is 611 g/mol. The number of rotatable bonds is 12. The molecule has 14 nitrogen and oxygen atoms in total. The van der Waals surface area contributed by atoms with Crippen molar-refractivity contribution in [1.82, 2.24) is 14.7 Å². The monoisotopic (exact) mass is 610 g/mol. The lowest BCUT2D eigenvalue weighted by molar-refractivity contribution is -0.385. The zero-order chi connectivity index (χ0) is 32.1. The number of hydrogen-bond acceptors (Lipinski definition) is 9. The average Bonchev–Trinajstić information content (AvgIpc) is 3.42. The van der Waals surface area contributed by atoms with Gasteiger partial charge >= 0.3 is 11.7 Å². The Kier molecular flexibility index (Phi) is 8.65. The highest BCUT2D eigenvalue weighted by atomic mass is 16.6. The number of nitrogens with one attached hydrogen (secondary N) is 2. The summed E-state index contributed by atoms with van der Waals surface area (Å²) < 4.78 is 6.78. The molecule has 0 bridgehead atoms. The molecule has 1 amide bonds. The highest BCUT2D eigenvalue weighted by Gasteiger charge is 2.25. The predicted octanol–water partition coefficient (Wildman–Crippen LogP) is 5.38. The number of anilines is 1. The molecular weight excluding hydrogens is 584 g/mol. The molecule has 14 heteroatoms. The van der Waals surface area contributed by atoms with Gasteiger partial charge in [-0.1, -0.05) is 42.5 Å². The fourth-order valence-electron chi connectivity index (χ4n) is 4.89. The van der Waals surface area contributed by atoms with E-state index in [4.69, 9.17) is 9.72 Å². The van der Waals surface area contributed by atoms with E-state index in [-0.39, 0.29) is 33.9 Å². The first-order chi connectivity index (χ1) is 21.7. The molecule has 1 unspecified atom stereocenters. The van der Waals surface area contributed by atoms with Crippen LogP contribution in [0.5, 0.6) is 5.75 Å². The van der Waals surface area contributed by atoms with Crippen LogP contribution >= 0.6 is 0 Å². The summed E-state index contributed by atoms with van der Waals surface area (Å²) in [6.07, 6.45) is 1.14. The van der Waals surface area contributed by atoms with Crippen LogP contribution in [0.2, 0.25) is 0 Å². The zero-order valence-electron chi connectivity index (χ0n) is 23.7. The van der Waals surface area contributed by atoms with Gasteiger partial charge in [0.2, 0.25) is 0 Å². The smallest absolute Gasteiger partial charge is 0.311 e. The van der Waals surface area contributed by atoms with Crippen LogP contribution in [0.15, 0.2) is 91.1 Å². The number of nitrogens with zero attached hydrogens (tertiary/aromatic N) is 4. The largest absolute Gasteiger partial charge is 0.490 e. The number of aromatic nitrogens is 2. The fraction of sp³-hybridized carbons (Fsp3) is 0.129. The van der Waals surface area contributed by atoms with Crippen LogP contribution in [-0.2, 0) is 11.3 Å². The molecule has 5 rings (SSSR count). The second kappa shape index (κ2) is 12.9. The number of carboxylic acids is 1. The first-order valence-electron chi connectivity index (χ1n) is 13.5. The van der Waals surface area contributed by atoms with Gasteiger partial charge in [-0.15, -0.1) is 0 Å². The van der Waals surface area contributed by atoms with Gasteiger partial charge < -0.3 is 20.5 Å². The number of ether oxygens (including phenoxy) is 1. The molecule has 3 aromatic carbocycles. The molecule has 0 radical (unpaired) electrons. The number of carbonyl (C=O) groups is 2. The highest BCUT2D eigenvalue weighted by Crippen LogP contribution is 2.36. The Morgan fingerprint density at radius 1 is 0.978 bits per heavy atom. The molecule has 2 heterocycles. The van der Waals surface area contributed by atoms with Crippen LogP contribution in [0.1, 0.15) is 33.9 Å². The van der Waals surface area contributed by atoms with Gasteiger partial charge in [0.1, 0.15) is 11.5 Å². The Hall–Kier alpha value is -6.31. The van der Waals surface area contributed by atoms with Crippen LogP contribution in [0.4, 0.5) is 17.2 Å². The summed E-state index contributed by atoms with van der Waals surface area (Å²) in [5.74, 6) is -1.38. The SMILES string of the molecule is COc1ccc(-c2nc3c(C(=O)NC(CC(=O)O)c4cccc([N+](=O)[O-])c4)cccn3c2NCc2ccccc2)cc1[N+](=O)[O-]. The third-order valence-corrected chi connectivity index (χ3v) is 7.01. The number of benzene rings is 3. The molecule has 3 N–H and O–H groups in total. The second-order valence-corrected chi connectivity index (χ2v) is 9.88. The Morgan fingerprint density at radius 2 is 1.76 bits per heavy atom. The molecule has 0 spiro atoms. The van der Waals surface area contributed by atoms with Gasteiger partial charge in [-0.05, 0) is 35.4 Å². The molecular formula is C31H26N6O8. The second-order valence-electron chi connectivity index (χ2n) is 9.88. The topological polar surface area (TPSA) is 191 Å². The molecule has 228 valence electrons. The molecule has 0 aliphatic rings. The van der Waals surface area contributed by atoms with E-state index in [9.17, 15) is 34.9 Å². The van der Waals surface area contributed by atoms with Crippen LogP contribution < -0.4 is 15.4 Å². The van der Waals surface area contributed by atoms with Crippen LogP contribution in [0, 0.1) is 20.2 Å². The number of nitro groups is 2. The van der Waals surface area contributed by atoms with Crippen molar-refractivity contribution in [2.45, 2.75) is 19.0 Å². The maximum absolute atomic E-state index is 13.7. The Morgan fingerprint density at radius 3 is 2.44 bits per heavy atom. The number of fused-ring (bicyclic) bond motifs is 1. The van der Waals surface area contributed by atoms with Crippen molar-refractivity contribution >= 4 is 34.7 Å². The Balaban J connectivity index is 1.59. The normalized spacial score (nSPS) is 11.5. The summed E-state index contributed by atoms with van der Waals surface area (Å²) in [4.78, 5) is 52.0. The van der Waals surface area contributed by atoms with Crippen molar-refractivity contribution in [1.29, 1.82) is 0 Å². The molecule has 0 fully saturated rings. The summed E-state index contributed by atoms with van der Waals surface area (Å²) in [5, 5.41) is 38.6. The lowest BCUT2D eigenvalue weighted by Crippen LogP contribution is -2.30. The first-order valence-corrected chi connectivity index (χ1v) is 13.5. The molecule has 0 saturated heterocycles. The van der Waals surface area contributed by atoms with Crippen LogP contribution in [-0.4, -0.2) is 43.3 Å². The number of non-ortho nitro benzene ring substituents is 1. The van der Waals surface area contributed by atoms with Gasteiger partial charge in [0.05, 0.1) is 35.0 Å². The van der Waals surface area contributed by atoms with E-state index in [2.05, 4.69) is 10.6 Å². The summed E-state index contributed by atoms with van der Waals surface area (Å²) in [6.45, 7) is 0.365. The van der Waals surface area contributed by atoms with Crippen molar-refractivity contribution in [2.24, 2.45) is 0 Å². The van der Waals surface area contributed by atoms with Gasteiger partial charge in [0.25, 0.3) is 11.6 Å². The van der Waals surface area contributed by atoms with Gasteiger partial charge in [0, 0.05) is 36.5 Å². The number of nitro benzene ring substituents is 2. The molecule has 5 aromatic rings. The lowest BCUT2D eigenvalue weighted by atomic mass is 10.0. The quantitative estimate of drug-likeness (QED) is 0.122. The van der Waals surface area contributed by atoms with Gasteiger partial charge in [-0.2, -0.15) is 0 Å². The van der Waals surface area contributed by atoms with E-state index in [1.807, 2.05) is 30.3 Å². The van der Waals surface area contributed by atoms with Crippen molar-refractivity contribution in [3.05, 3.63) is 128 Å². The number of carboxylic acid groups (broad SMARTS) is 1. The number of carbonyl (C=O) groups excluding carboxylic acids is 1. The molecule has 0 saturated carbocycles. The van der Waals surface area contributed by atoms with E-state index in [1.165, 1.54) is 49.6 Å². The molecule has 0 aliphatic heterocycles. The highest BCUT2D eigenvalue weighted by molar-refractivity contribution is 6.01. The number of imidazole rings is 1. The minimum atomic E-state index is -1.22. The summed E-state index contributed by atoms with van der Waals surface area (Å²) in [5.41, 5.74) is 1.63. The lowest BCUT2D eigenvalue weighted by Gasteiger charge is -2.18. The number of amides is 1. The number of pyridine rings is 1. The fourth-order valence-corrected chi connectivity index (χ4v) is 4.89. The Bertz CT molecular complexity index is 1920. The molecule has 0 aliphatic carbocycles. The van der Waals surface area contributed by atoms with Crippen LogP contribution in [0.25, 0.3) is 16.9 Å². The number of aliphatic carboxylic acids is 1. The maximum atomic E-state index is 13.7. The standard InChI is InChI=1S/C31H26N6O8/c1-45-26-13-12-21(16-25(26)37(43)44)28-30(32-18-19-7-3-2-4-8-19)35-14-6-11-23(29(35)34-28)31(40)33-24(17-27(38)39)20-9-5-10-22(15-20)36(41)42/h2-16,24,32H,17-18H2,1H3,(H,33,40)(H,38,39). The molecule has 1 atom stereocenters. The molecule has 2 aromatic heterocycles. The van der Waals surface area contributed by atoms with E-state index < -0.39 is 34.2 Å². The van der Waals surface area contributed by atoms with Crippen molar-refractivity contribution in [2.75, 3.05) is 12.4 Å². The third-order valence-electron chi connectivity index (χ3n) is 7.01. The minimum absolute atomic E-state index is 0.0667. The maximum Gasteiger partial charge on any atom is 0.311 e. The van der Waals surface area contributed by atoms with Gasteiger partial charge in [-0.3, -0.25) is 34.2 Å². The first kappa shape index (κ1) is 30.2. The Labute approximate surface area is 255 Å². The number of hydrogen-bond donors (Lipinski definition) is 3. The van der Waals surface area contributed by atoms with Gasteiger partial charge in [-0.25, -0.2) is 4.98 Å². The van der Waals surface area contributed by atoms with Crippen LogP contribution in [0.3, 0.4) is 0 Å². The zero-order valence-corrected chi connectivity index (χ0v) is 23.7. The van der Waals surface area contributed by atoms with E-state index in [0.717, 1.165) is 5.56 Å². The summed E-state index contributed by atoms with van der Waals surface area (Å²) in [7, 11) is 1.33. The van der Waals surface area contributed by atoms with Gasteiger partial charge in [0.15, 0.2) is 11.4 Å². The summed E-state index contributed by atoms with van der Waals surface area (Å²) in [6, 6.07) is 21.3. The summed E-state index contributed by atoms with van der Waals surface area (Å²) >= 11 is 0. The van der Waals surface area contributed by atoms with Crippen molar-refractivity contribution < 1.29 is 29.3 Å². The molecule has 45 heavy (non-hydrogen) atoms. The van der Waals surface area contributed by atoms with Crippen molar-refractivity contribution in [3.8, 4) is 17.0 Å². The minimum Gasteiger partial charge on any atom is -0.490 e. The van der Waals surface area contributed by atoms with E-state index in [0.29, 0.717) is 23.6 Å². The third kappa shape index (κ3) is 6.54. The van der Waals surface area contributed by atoms with E-state index >= 15 is 0 Å².